The Labute approximate surface area is 424 Å². The van der Waals surface area contributed by atoms with E-state index < -0.39 is 0 Å². The third-order valence-electron chi connectivity index (χ3n) is 14.7. The van der Waals surface area contributed by atoms with E-state index >= 15 is 0 Å². The smallest absolute Gasteiger partial charge is 0.305 e. The molecule has 0 saturated heterocycles. The number of carbonyl (C=O) groups is 3. The normalized spacial score (nSPS) is 13.0. The monoisotopic (exact) mass is 962 g/mol. The minimum atomic E-state index is 0.00424. The highest BCUT2D eigenvalue weighted by atomic mass is 16.5. The van der Waals surface area contributed by atoms with Crippen molar-refractivity contribution in [2.24, 2.45) is 11.8 Å². The molecule has 2 atom stereocenters. The fraction of sp³-hybridized carbons (Fsp3) is 0.951. The van der Waals surface area contributed by atoms with Crippen molar-refractivity contribution in [3.63, 3.8) is 0 Å². The molecular formula is C61H119NO6. The van der Waals surface area contributed by atoms with Gasteiger partial charge >= 0.3 is 11.9 Å². The van der Waals surface area contributed by atoms with Crippen molar-refractivity contribution < 1.29 is 29.0 Å². The number of aliphatic hydroxyl groups is 1. The van der Waals surface area contributed by atoms with E-state index in [1.807, 2.05) is 0 Å². The van der Waals surface area contributed by atoms with Gasteiger partial charge in [0.15, 0.2) is 0 Å². The van der Waals surface area contributed by atoms with Crippen LogP contribution in [0.1, 0.15) is 324 Å². The van der Waals surface area contributed by atoms with Crippen molar-refractivity contribution in [1.82, 2.24) is 4.90 Å². The van der Waals surface area contributed by atoms with Gasteiger partial charge in [0, 0.05) is 38.3 Å². The summed E-state index contributed by atoms with van der Waals surface area (Å²) in [6.45, 7) is 15.0. The number of hydrogen-bond donors (Lipinski definition) is 1. The van der Waals surface area contributed by atoms with Gasteiger partial charge in [0.2, 0.25) is 0 Å². The van der Waals surface area contributed by atoms with E-state index in [9.17, 15) is 14.4 Å². The molecule has 0 rings (SSSR count). The van der Waals surface area contributed by atoms with Crippen LogP contribution in [-0.4, -0.2) is 66.7 Å². The molecule has 0 bridgehead atoms. The molecule has 0 radical (unpaired) electrons. The SMILES string of the molecule is CCCCCCCCCN(CCCCC(=O)CCCCO)C(CCCCCCCCC(=O)OCC(CCCC)CCCCCC)CCCCCCCCC(=O)OCC(CCCC)CCCCCC. The van der Waals surface area contributed by atoms with E-state index in [1.165, 1.54) is 218 Å². The molecule has 68 heavy (non-hydrogen) atoms. The topological polar surface area (TPSA) is 93.1 Å². The van der Waals surface area contributed by atoms with Crippen LogP contribution in [0.15, 0.2) is 0 Å². The molecule has 7 heteroatoms. The van der Waals surface area contributed by atoms with Crippen LogP contribution in [0.5, 0.6) is 0 Å². The Kier molecular flexibility index (Phi) is 52.2. The van der Waals surface area contributed by atoms with Gasteiger partial charge in [-0.15, -0.1) is 0 Å². The molecule has 1 N–H and O–H groups in total. The number of carbonyl (C=O) groups excluding carboxylic acids is 3. The second-order valence-electron chi connectivity index (χ2n) is 21.4. The van der Waals surface area contributed by atoms with Crippen molar-refractivity contribution in [3.8, 4) is 0 Å². The van der Waals surface area contributed by atoms with Crippen molar-refractivity contribution in [3.05, 3.63) is 0 Å². The molecule has 0 aliphatic rings. The van der Waals surface area contributed by atoms with Crippen molar-refractivity contribution in [1.29, 1.82) is 0 Å². The van der Waals surface area contributed by atoms with Crippen LogP contribution in [0.2, 0.25) is 0 Å². The number of rotatable bonds is 56. The van der Waals surface area contributed by atoms with Gasteiger partial charge in [-0.1, -0.05) is 214 Å². The van der Waals surface area contributed by atoms with Crippen molar-refractivity contribution >= 4 is 17.7 Å². The number of aliphatic hydroxyl groups excluding tert-OH is 1. The summed E-state index contributed by atoms with van der Waals surface area (Å²) in [6.07, 6.45) is 51.6. The lowest BCUT2D eigenvalue weighted by molar-refractivity contribution is -0.146. The van der Waals surface area contributed by atoms with E-state index in [0.29, 0.717) is 62.6 Å². The highest BCUT2D eigenvalue weighted by Gasteiger charge is 2.19. The number of hydrogen-bond acceptors (Lipinski definition) is 7. The van der Waals surface area contributed by atoms with Crippen LogP contribution in [0.25, 0.3) is 0 Å². The third-order valence-corrected chi connectivity index (χ3v) is 14.7. The van der Waals surface area contributed by atoms with Gasteiger partial charge in [0.05, 0.1) is 13.2 Å². The van der Waals surface area contributed by atoms with Gasteiger partial charge in [-0.2, -0.15) is 0 Å². The lowest BCUT2D eigenvalue weighted by Crippen LogP contribution is -2.37. The molecule has 0 aliphatic carbocycles. The number of ketones is 1. The zero-order chi connectivity index (χ0) is 49.8. The van der Waals surface area contributed by atoms with E-state index in [2.05, 4.69) is 39.5 Å². The quantitative estimate of drug-likeness (QED) is 0.0479. The summed E-state index contributed by atoms with van der Waals surface area (Å²) in [5, 5.41) is 9.15. The summed E-state index contributed by atoms with van der Waals surface area (Å²) < 4.78 is 11.6. The number of Topliss-reactive ketones (excluding diaryl/α,β-unsaturated/α-hetero) is 1. The predicted molar refractivity (Wildman–Crippen MR) is 292 cm³/mol. The highest BCUT2D eigenvalue weighted by Crippen LogP contribution is 2.23. The molecule has 0 amide bonds. The lowest BCUT2D eigenvalue weighted by atomic mass is 9.96. The molecule has 0 saturated carbocycles. The third kappa shape index (κ3) is 45.7. The van der Waals surface area contributed by atoms with Crippen LogP contribution < -0.4 is 0 Å². The summed E-state index contributed by atoms with van der Waals surface area (Å²) in [7, 11) is 0. The highest BCUT2D eigenvalue weighted by molar-refractivity contribution is 5.78. The summed E-state index contributed by atoms with van der Waals surface area (Å²) in [5.74, 6) is 1.42. The minimum absolute atomic E-state index is 0.00424. The van der Waals surface area contributed by atoms with Crippen LogP contribution in [-0.2, 0) is 23.9 Å². The van der Waals surface area contributed by atoms with Crippen LogP contribution in [0, 0.1) is 11.8 Å². The van der Waals surface area contributed by atoms with Gasteiger partial charge in [-0.3, -0.25) is 14.4 Å². The molecule has 0 spiro atoms. The molecule has 0 fully saturated rings. The summed E-state index contributed by atoms with van der Waals surface area (Å²) >= 11 is 0. The Balaban J connectivity index is 5.09. The number of esters is 2. The largest absolute Gasteiger partial charge is 0.465 e. The zero-order valence-electron chi connectivity index (χ0n) is 46.5. The van der Waals surface area contributed by atoms with E-state index in [4.69, 9.17) is 14.6 Å². The summed E-state index contributed by atoms with van der Waals surface area (Å²) in [4.78, 5) is 40.7. The second-order valence-corrected chi connectivity index (χ2v) is 21.4. The molecule has 2 unspecified atom stereocenters. The molecule has 0 aliphatic heterocycles. The van der Waals surface area contributed by atoms with Crippen LogP contribution in [0.3, 0.4) is 0 Å². The Hall–Kier alpha value is -1.47. The maximum absolute atomic E-state index is 12.6. The first kappa shape index (κ1) is 66.5. The molecule has 7 nitrogen and oxygen atoms in total. The Morgan fingerprint density at radius 3 is 1.09 bits per heavy atom. The van der Waals surface area contributed by atoms with E-state index in [1.54, 1.807) is 0 Å². The average molecular weight is 963 g/mol. The standard InChI is InChI=1S/C61H119NO6/c1-6-11-16-19-24-29-38-51-62(52-39-36-47-59(64)48-37-40-53-63)58(45-32-25-20-22-27-34-49-60(65)67-54-56(41-14-9-4)43-30-17-12-7-2)46-33-26-21-23-28-35-50-61(66)68-55-57(42-15-10-5)44-31-18-13-8-3/h56-58,63H,6-55H2,1-5H3. The fourth-order valence-corrected chi connectivity index (χ4v) is 10.1. The predicted octanol–water partition coefficient (Wildman–Crippen LogP) is 18.2. The Morgan fingerprint density at radius 2 is 0.662 bits per heavy atom. The maximum atomic E-state index is 12.6. The second kappa shape index (κ2) is 53.3. The molecule has 0 aromatic heterocycles. The fourth-order valence-electron chi connectivity index (χ4n) is 10.1. The molecule has 404 valence electrons. The van der Waals surface area contributed by atoms with E-state index in [0.717, 1.165) is 57.9 Å². The van der Waals surface area contributed by atoms with E-state index in [-0.39, 0.29) is 18.5 Å². The summed E-state index contributed by atoms with van der Waals surface area (Å²) in [5.41, 5.74) is 0. The Bertz CT molecular complexity index is 1010. The van der Waals surface area contributed by atoms with Gasteiger partial charge in [0.1, 0.15) is 5.78 Å². The summed E-state index contributed by atoms with van der Waals surface area (Å²) in [6, 6.07) is 0.598. The first-order valence-corrected chi connectivity index (χ1v) is 30.5. The van der Waals surface area contributed by atoms with Crippen LogP contribution in [0.4, 0.5) is 0 Å². The van der Waals surface area contributed by atoms with Gasteiger partial charge in [-0.05, 0) is 108 Å². The van der Waals surface area contributed by atoms with Crippen molar-refractivity contribution in [2.45, 2.75) is 330 Å². The molecule has 0 aromatic carbocycles. The average Bonchev–Trinajstić information content (AvgIpc) is 3.34. The first-order valence-electron chi connectivity index (χ1n) is 30.5. The minimum Gasteiger partial charge on any atom is -0.465 e. The molecule has 0 heterocycles. The first-order chi connectivity index (χ1) is 33.3. The van der Waals surface area contributed by atoms with Crippen molar-refractivity contribution in [2.75, 3.05) is 32.9 Å². The van der Waals surface area contributed by atoms with Gasteiger partial charge in [-0.25, -0.2) is 0 Å². The Morgan fingerprint density at radius 1 is 0.353 bits per heavy atom. The number of ether oxygens (including phenoxy) is 2. The van der Waals surface area contributed by atoms with Gasteiger partial charge < -0.3 is 19.5 Å². The molecule has 0 aromatic rings. The zero-order valence-corrected chi connectivity index (χ0v) is 46.5. The maximum Gasteiger partial charge on any atom is 0.305 e. The van der Waals surface area contributed by atoms with Gasteiger partial charge in [0.25, 0.3) is 0 Å². The molecular weight excluding hydrogens is 843 g/mol. The number of nitrogens with zero attached hydrogens (tertiary/aromatic N) is 1. The van der Waals surface area contributed by atoms with Crippen LogP contribution >= 0.6 is 0 Å². The lowest BCUT2D eigenvalue weighted by Gasteiger charge is -2.32. The number of unbranched alkanes of at least 4 members (excludes halogenated alkanes) is 26.